The molecule has 1 unspecified atom stereocenters. The Labute approximate surface area is 135 Å². The van der Waals surface area contributed by atoms with E-state index in [1.165, 1.54) is 16.4 Å². The second kappa shape index (κ2) is 6.38. The summed E-state index contributed by atoms with van der Waals surface area (Å²) < 4.78 is 31.3. The van der Waals surface area contributed by atoms with Gasteiger partial charge in [0.1, 0.15) is 0 Å². The Hall–Kier alpha value is -0.400. The van der Waals surface area contributed by atoms with E-state index in [-0.39, 0.29) is 5.69 Å². The van der Waals surface area contributed by atoms with Crippen LogP contribution in [0.15, 0.2) is 16.5 Å². The van der Waals surface area contributed by atoms with Crippen LogP contribution in [0.2, 0.25) is 10.0 Å². The molecule has 4 nitrogen and oxygen atoms in total. The SMILES string of the molecule is Cc1c(Cl)cc(N=S(=O)(F)N2CC(CN(C)C)C2)cc1Cl. The van der Waals surface area contributed by atoms with Gasteiger partial charge in [0.05, 0.1) is 5.69 Å². The number of hydrogen-bond donors (Lipinski definition) is 0. The summed E-state index contributed by atoms with van der Waals surface area (Å²) in [5.74, 6) is 0.317. The molecular formula is C13H18Cl2FN3OS. The molecule has 0 spiro atoms. The molecule has 8 heteroatoms. The lowest BCUT2D eigenvalue weighted by atomic mass is 10.0. The van der Waals surface area contributed by atoms with Crippen LogP contribution in [0.5, 0.6) is 0 Å². The lowest BCUT2D eigenvalue weighted by Gasteiger charge is -2.38. The van der Waals surface area contributed by atoms with Gasteiger partial charge in [-0.3, -0.25) is 0 Å². The molecule has 0 radical (unpaired) electrons. The number of halogens is 3. The van der Waals surface area contributed by atoms with Crippen LogP contribution in [0, 0.1) is 12.8 Å². The van der Waals surface area contributed by atoms with Crippen molar-refractivity contribution in [3.8, 4) is 0 Å². The fraction of sp³-hybridized carbons (Fsp3) is 0.538. The average Bonchev–Trinajstić information content (AvgIpc) is 2.29. The van der Waals surface area contributed by atoms with Crippen LogP contribution in [0.1, 0.15) is 5.56 Å². The van der Waals surface area contributed by atoms with E-state index in [2.05, 4.69) is 4.36 Å². The third-order valence-corrected chi connectivity index (χ3v) is 5.51. The molecule has 0 bridgehead atoms. The molecule has 2 rings (SSSR count). The first kappa shape index (κ1) is 17.0. The van der Waals surface area contributed by atoms with Crippen molar-refractivity contribution in [1.29, 1.82) is 0 Å². The molecule has 0 aliphatic carbocycles. The van der Waals surface area contributed by atoms with Crippen molar-refractivity contribution in [3.05, 3.63) is 27.7 Å². The van der Waals surface area contributed by atoms with Crippen molar-refractivity contribution in [2.75, 3.05) is 33.7 Å². The molecule has 1 aliphatic rings. The summed E-state index contributed by atoms with van der Waals surface area (Å²) in [5, 5.41) is 0.760. The maximum absolute atomic E-state index is 14.3. The number of rotatable bonds is 4. The number of nitrogens with zero attached hydrogens (tertiary/aromatic N) is 3. The van der Waals surface area contributed by atoms with Gasteiger partial charge < -0.3 is 4.90 Å². The molecule has 1 fully saturated rings. The standard InChI is InChI=1S/C13H18Cl2FN3OS/c1-9-12(14)4-11(5-13(9)15)17-21(16,20)19-7-10(8-19)6-18(2)3/h4-5,10H,6-8H2,1-3H3. The molecule has 1 aromatic carbocycles. The van der Waals surface area contributed by atoms with Gasteiger partial charge in [0.25, 0.3) is 10.3 Å². The van der Waals surface area contributed by atoms with Gasteiger partial charge in [0.15, 0.2) is 0 Å². The van der Waals surface area contributed by atoms with Gasteiger partial charge >= 0.3 is 0 Å². The van der Waals surface area contributed by atoms with Gasteiger partial charge in [0, 0.05) is 29.7 Å². The highest BCUT2D eigenvalue weighted by atomic mass is 35.5. The van der Waals surface area contributed by atoms with Gasteiger partial charge in [-0.2, -0.15) is 12.9 Å². The predicted molar refractivity (Wildman–Crippen MR) is 86.2 cm³/mol. The minimum absolute atomic E-state index is 0.194. The van der Waals surface area contributed by atoms with Crippen molar-refractivity contribution in [3.63, 3.8) is 0 Å². The summed E-state index contributed by atoms with van der Waals surface area (Å²) >= 11 is 12.0. The zero-order valence-electron chi connectivity index (χ0n) is 12.1. The Morgan fingerprint density at radius 3 is 2.38 bits per heavy atom. The smallest absolute Gasteiger partial charge is 0.275 e. The normalized spacial score (nSPS) is 19.4. The molecule has 1 heterocycles. The summed E-state index contributed by atoms with van der Waals surface area (Å²) in [4.78, 5) is 2.03. The molecule has 118 valence electrons. The van der Waals surface area contributed by atoms with E-state index in [1.807, 2.05) is 19.0 Å². The predicted octanol–water partition coefficient (Wildman–Crippen LogP) is 3.69. The largest absolute Gasteiger partial charge is 0.309 e. The van der Waals surface area contributed by atoms with E-state index in [0.29, 0.717) is 34.6 Å². The molecule has 21 heavy (non-hydrogen) atoms. The van der Waals surface area contributed by atoms with Crippen molar-refractivity contribution >= 4 is 39.2 Å². The van der Waals surface area contributed by atoms with Gasteiger partial charge in [-0.1, -0.05) is 23.2 Å². The molecule has 1 aliphatic heterocycles. The van der Waals surface area contributed by atoms with Gasteiger partial charge in [-0.15, -0.1) is 3.89 Å². The van der Waals surface area contributed by atoms with E-state index < -0.39 is 10.3 Å². The first-order chi connectivity index (χ1) is 9.69. The highest BCUT2D eigenvalue weighted by molar-refractivity contribution is 7.86. The number of hydrogen-bond acceptors (Lipinski definition) is 3. The van der Waals surface area contributed by atoms with Crippen molar-refractivity contribution in [1.82, 2.24) is 9.21 Å². The van der Waals surface area contributed by atoms with E-state index in [9.17, 15) is 8.09 Å². The minimum atomic E-state index is -3.92. The lowest BCUT2D eigenvalue weighted by Crippen LogP contribution is -2.51. The summed E-state index contributed by atoms with van der Waals surface area (Å²) in [6.45, 7) is 3.46. The van der Waals surface area contributed by atoms with E-state index in [4.69, 9.17) is 23.2 Å². The third-order valence-electron chi connectivity index (χ3n) is 3.35. The average molecular weight is 354 g/mol. The number of benzene rings is 1. The highest BCUT2D eigenvalue weighted by Crippen LogP contribution is 2.32. The molecular weight excluding hydrogens is 336 g/mol. The maximum Gasteiger partial charge on any atom is 0.275 e. The molecule has 1 saturated heterocycles. The van der Waals surface area contributed by atoms with Crippen LogP contribution < -0.4 is 0 Å². The van der Waals surface area contributed by atoms with E-state index in [0.717, 1.165) is 6.54 Å². The van der Waals surface area contributed by atoms with Crippen LogP contribution >= 0.6 is 23.2 Å². The first-order valence-electron chi connectivity index (χ1n) is 6.51. The zero-order chi connectivity index (χ0) is 15.8. The van der Waals surface area contributed by atoms with Crippen LogP contribution in [0.25, 0.3) is 0 Å². The quantitative estimate of drug-likeness (QED) is 0.773. The highest BCUT2D eigenvalue weighted by Gasteiger charge is 2.34. The van der Waals surface area contributed by atoms with E-state index >= 15 is 0 Å². The Kier molecular flexibility index (Phi) is 5.15. The molecule has 0 N–H and O–H groups in total. The van der Waals surface area contributed by atoms with E-state index in [1.54, 1.807) is 6.92 Å². The molecule has 0 saturated carbocycles. The Morgan fingerprint density at radius 1 is 1.38 bits per heavy atom. The minimum Gasteiger partial charge on any atom is -0.309 e. The van der Waals surface area contributed by atoms with Crippen LogP contribution in [0.3, 0.4) is 0 Å². The van der Waals surface area contributed by atoms with Crippen molar-refractivity contribution in [2.24, 2.45) is 10.3 Å². The second-order valence-electron chi connectivity index (χ2n) is 5.53. The first-order valence-corrected chi connectivity index (χ1v) is 8.64. The Morgan fingerprint density at radius 2 is 1.90 bits per heavy atom. The summed E-state index contributed by atoms with van der Waals surface area (Å²) in [5.41, 5.74) is 0.886. The van der Waals surface area contributed by atoms with Crippen LogP contribution in [0.4, 0.5) is 9.57 Å². The fourth-order valence-corrected chi connectivity index (χ4v) is 3.96. The molecule has 0 amide bonds. The fourth-order valence-electron chi connectivity index (χ4n) is 2.21. The molecule has 1 aromatic rings. The van der Waals surface area contributed by atoms with Crippen LogP contribution in [-0.4, -0.2) is 47.1 Å². The van der Waals surface area contributed by atoms with Crippen molar-refractivity contribution in [2.45, 2.75) is 6.92 Å². The zero-order valence-corrected chi connectivity index (χ0v) is 14.5. The van der Waals surface area contributed by atoms with Gasteiger partial charge in [0.2, 0.25) is 0 Å². The van der Waals surface area contributed by atoms with Gasteiger partial charge in [-0.25, -0.2) is 0 Å². The van der Waals surface area contributed by atoms with Gasteiger partial charge in [-0.05, 0) is 44.6 Å². The monoisotopic (exact) mass is 353 g/mol. The Bertz CT molecular complexity index is 630. The lowest BCUT2D eigenvalue weighted by molar-refractivity contribution is 0.160. The second-order valence-corrected chi connectivity index (χ2v) is 7.91. The Balaban J connectivity index is 2.15. The summed E-state index contributed by atoms with van der Waals surface area (Å²) in [6.07, 6.45) is 0. The topological polar surface area (TPSA) is 35.9 Å². The van der Waals surface area contributed by atoms with Crippen LogP contribution in [-0.2, 0) is 10.3 Å². The maximum atomic E-state index is 14.3. The third kappa shape index (κ3) is 4.07. The summed E-state index contributed by atoms with van der Waals surface area (Å²) in [7, 11) is -0.0102. The molecule has 0 aromatic heterocycles. The molecule has 1 atom stereocenters. The van der Waals surface area contributed by atoms with Crippen molar-refractivity contribution < 1.29 is 8.09 Å². The summed E-state index contributed by atoms with van der Waals surface area (Å²) in [6, 6.07) is 2.94.